The van der Waals surface area contributed by atoms with E-state index in [1.807, 2.05) is 0 Å². The highest BCUT2D eigenvalue weighted by Gasteiger charge is 2.35. The van der Waals surface area contributed by atoms with E-state index in [-0.39, 0.29) is 0 Å². The zero-order valence-electron chi connectivity index (χ0n) is 7.21. The van der Waals surface area contributed by atoms with Crippen molar-refractivity contribution in [2.24, 2.45) is 22.6 Å². The molecule has 64 valence electrons. The van der Waals surface area contributed by atoms with Crippen molar-refractivity contribution in [2.45, 2.75) is 13.3 Å². The highest BCUT2D eigenvalue weighted by atomic mass is 16.5. The minimum absolute atomic E-state index is 0.562. The summed E-state index contributed by atoms with van der Waals surface area (Å²) in [6.45, 7) is 3.57. The third-order valence-electron chi connectivity index (χ3n) is 2.08. The number of rotatable bonds is 4. The van der Waals surface area contributed by atoms with E-state index in [1.165, 1.54) is 6.42 Å². The Bertz CT molecular complexity index is 156. The Hall–Kier alpha value is -0.570. The predicted octanol–water partition coefficient (Wildman–Crippen LogP) is 0.646. The molecule has 3 nitrogen and oxygen atoms in total. The van der Waals surface area contributed by atoms with Crippen LogP contribution in [-0.2, 0) is 4.74 Å². The van der Waals surface area contributed by atoms with Crippen molar-refractivity contribution >= 4 is 5.84 Å². The molecule has 0 radical (unpaired) electrons. The van der Waals surface area contributed by atoms with E-state index in [4.69, 9.17) is 10.5 Å². The van der Waals surface area contributed by atoms with Crippen molar-refractivity contribution in [3.8, 4) is 0 Å². The van der Waals surface area contributed by atoms with Gasteiger partial charge < -0.3 is 10.5 Å². The minimum Gasteiger partial charge on any atom is -0.387 e. The summed E-state index contributed by atoms with van der Waals surface area (Å²) in [5.41, 5.74) is 5.70. The molecule has 3 heteroatoms. The van der Waals surface area contributed by atoms with E-state index in [2.05, 4.69) is 11.9 Å². The Morgan fingerprint density at radius 3 is 2.82 bits per heavy atom. The van der Waals surface area contributed by atoms with Gasteiger partial charge in [0.2, 0.25) is 0 Å². The molecule has 2 N–H and O–H groups in total. The van der Waals surface area contributed by atoms with Crippen LogP contribution in [0, 0.1) is 11.8 Å². The Morgan fingerprint density at radius 1 is 1.73 bits per heavy atom. The van der Waals surface area contributed by atoms with Crippen LogP contribution < -0.4 is 5.73 Å². The first kappa shape index (κ1) is 8.53. The molecule has 0 aromatic heterocycles. The number of methoxy groups -OCH3 is 1. The van der Waals surface area contributed by atoms with E-state index in [9.17, 15) is 0 Å². The van der Waals surface area contributed by atoms with Crippen molar-refractivity contribution in [1.29, 1.82) is 0 Å². The largest absolute Gasteiger partial charge is 0.387 e. The zero-order valence-corrected chi connectivity index (χ0v) is 7.21. The fourth-order valence-corrected chi connectivity index (χ4v) is 1.12. The van der Waals surface area contributed by atoms with Crippen LogP contribution in [0.1, 0.15) is 13.3 Å². The number of hydrogen-bond acceptors (Lipinski definition) is 2. The monoisotopic (exact) mass is 156 g/mol. The molecule has 1 aliphatic rings. The molecule has 0 amide bonds. The van der Waals surface area contributed by atoms with E-state index in [0.29, 0.717) is 19.1 Å². The number of nitrogens with two attached hydrogens (primary N) is 1. The summed E-state index contributed by atoms with van der Waals surface area (Å²) in [4.78, 5) is 4.20. The second-order valence-electron chi connectivity index (χ2n) is 3.12. The van der Waals surface area contributed by atoms with Gasteiger partial charge in [0.1, 0.15) is 0 Å². The summed E-state index contributed by atoms with van der Waals surface area (Å²) >= 11 is 0. The van der Waals surface area contributed by atoms with Crippen molar-refractivity contribution in [3.63, 3.8) is 0 Å². The number of amidine groups is 1. The molecule has 1 fully saturated rings. The molecule has 11 heavy (non-hydrogen) atoms. The molecule has 0 heterocycles. The molecule has 2 atom stereocenters. The summed E-state index contributed by atoms with van der Waals surface area (Å²) in [7, 11) is 1.67. The maximum Gasteiger partial charge on any atom is 0.0972 e. The van der Waals surface area contributed by atoms with Gasteiger partial charge in [-0.15, -0.1) is 0 Å². The molecular weight excluding hydrogens is 140 g/mol. The lowest BCUT2D eigenvalue weighted by molar-refractivity contribution is 0.208. The van der Waals surface area contributed by atoms with Gasteiger partial charge in [-0.3, -0.25) is 4.99 Å². The van der Waals surface area contributed by atoms with Crippen LogP contribution in [0.4, 0.5) is 0 Å². The van der Waals surface area contributed by atoms with Gasteiger partial charge in [-0.25, -0.2) is 0 Å². The SMILES string of the molecule is COCCN=C(N)C1CC1C. The molecule has 0 aromatic carbocycles. The topological polar surface area (TPSA) is 47.6 Å². The maximum absolute atomic E-state index is 5.70. The summed E-state index contributed by atoms with van der Waals surface area (Å²) in [6.07, 6.45) is 1.21. The van der Waals surface area contributed by atoms with Gasteiger partial charge in [-0.2, -0.15) is 0 Å². The molecule has 1 rings (SSSR count). The summed E-state index contributed by atoms with van der Waals surface area (Å²) in [5, 5.41) is 0. The highest BCUT2D eigenvalue weighted by molar-refractivity contribution is 5.85. The fraction of sp³-hybridized carbons (Fsp3) is 0.875. The predicted molar refractivity (Wildman–Crippen MR) is 45.6 cm³/mol. The van der Waals surface area contributed by atoms with Gasteiger partial charge >= 0.3 is 0 Å². The average molecular weight is 156 g/mol. The van der Waals surface area contributed by atoms with E-state index in [1.54, 1.807) is 7.11 Å². The molecule has 0 spiro atoms. The van der Waals surface area contributed by atoms with Gasteiger partial charge in [-0.05, 0) is 12.3 Å². The Kier molecular flexibility index (Phi) is 2.88. The Morgan fingerprint density at radius 2 is 2.36 bits per heavy atom. The van der Waals surface area contributed by atoms with Crippen molar-refractivity contribution in [1.82, 2.24) is 0 Å². The second-order valence-corrected chi connectivity index (χ2v) is 3.12. The van der Waals surface area contributed by atoms with Crippen LogP contribution >= 0.6 is 0 Å². The number of ether oxygens (including phenoxy) is 1. The van der Waals surface area contributed by atoms with Gasteiger partial charge in [0.25, 0.3) is 0 Å². The Balaban J connectivity index is 2.18. The minimum atomic E-state index is 0.562. The molecular formula is C8H16N2O. The van der Waals surface area contributed by atoms with Crippen LogP contribution in [0.15, 0.2) is 4.99 Å². The molecule has 1 aliphatic carbocycles. The van der Waals surface area contributed by atoms with Crippen molar-refractivity contribution in [3.05, 3.63) is 0 Å². The molecule has 0 aromatic rings. The maximum atomic E-state index is 5.70. The van der Waals surface area contributed by atoms with Crippen LogP contribution in [0.25, 0.3) is 0 Å². The first-order valence-corrected chi connectivity index (χ1v) is 4.04. The van der Waals surface area contributed by atoms with E-state index < -0.39 is 0 Å². The molecule has 1 saturated carbocycles. The van der Waals surface area contributed by atoms with Crippen LogP contribution in [0.2, 0.25) is 0 Å². The standard InChI is InChI=1S/C8H16N2O/c1-6-5-7(6)8(9)10-3-4-11-2/h6-7H,3-5H2,1-2H3,(H2,9,10). The van der Waals surface area contributed by atoms with Crippen LogP contribution in [0.5, 0.6) is 0 Å². The molecule has 0 aliphatic heterocycles. The normalized spacial score (nSPS) is 30.5. The van der Waals surface area contributed by atoms with E-state index in [0.717, 1.165) is 11.8 Å². The second kappa shape index (κ2) is 3.72. The van der Waals surface area contributed by atoms with Gasteiger partial charge in [0, 0.05) is 13.0 Å². The Labute approximate surface area is 67.6 Å². The fourth-order valence-electron chi connectivity index (χ4n) is 1.12. The van der Waals surface area contributed by atoms with Gasteiger partial charge in [-0.1, -0.05) is 6.92 Å². The lowest BCUT2D eigenvalue weighted by atomic mass is 10.3. The first-order chi connectivity index (χ1) is 5.25. The van der Waals surface area contributed by atoms with Crippen LogP contribution in [-0.4, -0.2) is 26.1 Å². The third kappa shape index (κ3) is 2.50. The number of nitrogens with zero attached hydrogens (tertiary/aromatic N) is 1. The lowest BCUT2D eigenvalue weighted by Crippen LogP contribution is -2.16. The van der Waals surface area contributed by atoms with Crippen molar-refractivity contribution < 1.29 is 4.74 Å². The lowest BCUT2D eigenvalue weighted by Gasteiger charge is -1.97. The smallest absolute Gasteiger partial charge is 0.0972 e. The van der Waals surface area contributed by atoms with Gasteiger partial charge in [0.05, 0.1) is 19.0 Å². The van der Waals surface area contributed by atoms with Crippen LogP contribution in [0.3, 0.4) is 0 Å². The average Bonchev–Trinajstić information content (AvgIpc) is 2.67. The van der Waals surface area contributed by atoms with Gasteiger partial charge in [0.15, 0.2) is 0 Å². The number of aliphatic imine (C=N–C) groups is 1. The quantitative estimate of drug-likeness (QED) is 0.369. The summed E-state index contributed by atoms with van der Waals surface area (Å²) in [5.74, 6) is 2.13. The van der Waals surface area contributed by atoms with E-state index >= 15 is 0 Å². The molecule has 0 saturated heterocycles. The summed E-state index contributed by atoms with van der Waals surface area (Å²) < 4.78 is 4.86. The highest BCUT2D eigenvalue weighted by Crippen LogP contribution is 2.37. The molecule has 0 bridgehead atoms. The molecule has 2 unspecified atom stereocenters. The number of hydrogen-bond donors (Lipinski definition) is 1. The first-order valence-electron chi connectivity index (χ1n) is 4.04. The summed E-state index contributed by atoms with van der Waals surface area (Å²) in [6, 6.07) is 0. The zero-order chi connectivity index (χ0) is 8.27. The third-order valence-corrected chi connectivity index (χ3v) is 2.08. The van der Waals surface area contributed by atoms with Crippen molar-refractivity contribution in [2.75, 3.05) is 20.3 Å².